The first-order chi connectivity index (χ1) is 13.6. The van der Waals surface area contributed by atoms with E-state index >= 15 is 0 Å². The summed E-state index contributed by atoms with van der Waals surface area (Å²) >= 11 is 0. The normalized spacial score (nSPS) is 16.4. The number of esters is 1. The minimum absolute atomic E-state index is 0.167. The molecule has 2 aromatic carbocycles. The minimum atomic E-state index is -0.762. The van der Waals surface area contributed by atoms with E-state index in [9.17, 15) is 14.7 Å². The van der Waals surface area contributed by atoms with Crippen LogP contribution in [0, 0.1) is 0 Å². The molecule has 6 nitrogen and oxygen atoms in total. The number of rotatable bonds is 6. The molecule has 1 saturated heterocycles. The third-order valence-electron chi connectivity index (χ3n) is 4.84. The number of hydrogen-bond acceptors (Lipinski definition) is 5. The number of carbonyl (C=O) groups is 2. The molecule has 1 fully saturated rings. The molecule has 142 valence electrons. The van der Waals surface area contributed by atoms with E-state index in [4.69, 9.17) is 4.74 Å². The smallest absolute Gasteiger partial charge is 0.314 e. The van der Waals surface area contributed by atoms with E-state index in [1.807, 2.05) is 41.0 Å². The molecule has 0 spiro atoms. The number of imidazole rings is 1. The van der Waals surface area contributed by atoms with Crippen molar-refractivity contribution in [2.75, 3.05) is 0 Å². The van der Waals surface area contributed by atoms with Gasteiger partial charge in [0.2, 0.25) is 0 Å². The molecule has 1 aliphatic heterocycles. The van der Waals surface area contributed by atoms with Gasteiger partial charge in [0.15, 0.2) is 11.9 Å². The van der Waals surface area contributed by atoms with Crippen LogP contribution in [0.2, 0.25) is 0 Å². The number of cyclic esters (lactones) is 1. The predicted octanol–water partition coefficient (Wildman–Crippen LogP) is 2.65. The Labute approximate surface area is 162 Å². The number of carbonyl (C=O) groups excluding carboxylic acids is 2. The van der Waals surface area contributed by atoms with Crippen LogP contribution in [0.25, 0.3) is 0 Å². The molecule has 1 atom stereocenters. The summed E-state index contributed by atoms with van der Waals surface area (Å²) in [6, 6.07) is 17.0. The number of phenols is 1. The molecule has 1 N–H and O–H groups in total. The fourth-order valence-electron chi connectivity index (χ4n) is 3.46. The summed E-state index contributed by atoms with van der Waals surface area (Å²) < 4.78 is 7.16. The lowest BCUT2D eigenvalue weighted by Crippen LogP contribution is -2.21. The van der Waals surface area contributed by atoms with Crippen LogP contribution >= 0.6 is 0 Å². The number of nitrogens with zero attached hydrogens (tertiary/aromatic N) is 2. The third-order valence-corrected chi connectivity index (χ3v) is 4.84. The molecular weight excluding hydrogens is 356 g/mol. The van der Waals surface area contributed by atoms with E-state index < -0.39 is 12.1 Å². The van der Waals surface area contributed by atoms with Crippen LogP contribution in [0.5, 0.6) is 5.75 Å². The van der Waals surface area contributed by atoms with Crippen LogP contribution < -0.4 is 0 Å². The first-order valence-electron chi connectivity index (χ1n) is 9.15. The number of phenolic OH excluding ortho intramolecular Hbond substituents is 1. The van der Waals surface area contributed by atoms with E-state index in [0.717, 1.165) is 22.5 Å². The number of aromatic hydroxyl groups is 1. The Morgan fingerprint density at radius 3 is 2.57 bits per heavy atom. The number of benzene rings is 2. The maximum Gasteiger partial charge on any atom is 0.314 e. The predicted molar refractivity (Wildman–Crippen MR) is 102 cm³/mol. The largest absolute Gasteiger partial charge is 0.508 e. The standard InChI is InChI=1S/C22H20N2O4/c25-17-8-4-7-16(9-17)13-24-14-23-18(10-15-5-2-1-3-6-15)19(24)11-21-20(26)12-22(27)28-21/h1-9,14,21,25H,10-13H2. The van der Waals surface area contributed by atoms with Crippen LogP contribution in [0.3, 0.4) is 0 Å². The van der Waals surface area contributed by atoms with Crippen LogP contribution in [0.15, 0.2) is 60.9 Å². The molecule has 28 heavy (non-hydrogen) atoms. The summed E-state index contributed by atoms with van der Waals surface area (Å²) in [4.78, 5) is 28.1. The van der Waals surface area contributed by atoms with Crippen LogP contribution in [-0.2, 0) is 33.7 Å². The summed E-state index contributed by atoms with van der Waals surface area (Å²) in [5.74, 6) is -0.469. The molecule has 0 saturated carbocycles. The van der Waals surface area contributed by atoms with Crippen LogP contribution in [0.1, 0.15) is 28.9 Å². The fraction of sp³-hybridized carbons (Fsp3) is 0.227. The van der Waals surface area contributed by atoms with Gasteiger partial charge >= 0.3 is 5.97 Å². The van der Waals surface area contributed by atoms with Gasteiger partial charge in [-0.3, -0.25) is 9.59 Å². The highest BCUT2D eigenvalue weighted by Gasteiger charge is 2.34. The van der Waals surface area contributed by atoms with E-state index in [2.05, 4.69) is 4.98 Å². The van der Waals surface area contributed by atoms with E-state index in [1.54, 1.807) is 24.5 Å². The zero-order valence-corrected chi connectivity index (χ0v) is 15.2. The highest BCUT2D eigenvalue weighted by molar-refractivity contribution is 6.03. The maximum absolute atomic E-state index is 12.1. The Kier molecular flexibility index (Phi) is 4.93. The summed E-state index contributed by atoms with van der Waals surface area (Å²) in [5.41, 5.74) is 3.74. The number of ketones is 1. The number of hydrogen-bond donors (Lipinski definition) is 1. The first-order valence-corrected chi connectivity index (χ1v) is 9.15. The number of aromatic nitrogens is 2. The van der Waals surface area contributed by atoms with Crippen molar-refractivity contribution in [1.29, 1.82) is 0 Å². The highest BCUT2D eigenvalue weighted by atomic mass is 16.6. The Morgan fingerprint density at radius 1 is 1.07 bits per heavy atom. The van der Waals surface area contributed by atoms with E-state index in [1.165, 1.54) is 0 Å². The molecule has 0 amide bonds. The SMILES string of the molecule is O=C1CC(=O)C(Cc2c(Cc3ccccc3)ncn2Cc2cccc(O)c2)O1. The molecule has 2 heterocycles. The summed E-state index contributed by atoms with van der Waals surface area (Å²) in [6.45, 7) is 0.500. The summed E-state index contributed by atoms with van der Waals surface area (Å²) in [7, 11) is 0. The Morgan fingerprint density at radius 2 is 1.86 bits per heavy atom. The van der Waals surface area contributed by atoms with Crippen molar-refractivity contribution in [3.05, 3.63) is 83.4 Å². The van der Waals surface area contributed by atoms with Gasteiger partial charge in [0.25, 0.3) is 0 Å². The molecule has 1 aliphatic rings. The van der Waals surface area contributed by atoms with Crippen molar-refractivity contribution in [3.63, 3.8) is 0 Å². The molecular formula is C22H20N2O4. The van der Waals surface area contributed by atoms with Gasteiger partial charge in [0.05, 0.1) is 12.0 Å². The summed E-state index contributed by atoms with van der Waals surface area (Å²) in [5, 5.41) is 9.73. The molecule has 1 unspecified atom stereocenters. The third kappa shape index (κ3) is 3.96. The Bertz CT molecular complexity index is 1010. The highest BCUT2D eigenvalue weighted by Crippen LogP contribution is 2.22. The van der Waals surface area contributed by atoms with Crippen molar-refractivity contribution in [2.24, 2.45) is 0 Å². The fourth-order valence-corrected chi connectivity index (χ4v) is 3.46. The lowest BCUT2D eigenvalue weighted by atomic mass is 10.0. The monoisotopic (exact) mass is 376 g/mol. The zero-order chi connectivity index (χ0) is 19.5. The molecule has 3 aromatic rings. The first kappa shape index (κ1) is 18.0. The lowest BCUT2D eigenvalue weighted by molar-refractivity contribution is -0.142. The quantitative estimate of drug-likeness (QED) is 0.528. The average Bonchev–Trinajstić information content (AvgIpc) is 3.19. The van der Waals surface area contributed by atoms with Gasteiger partial charge in [0, 0.05) is 25.1 Å². The van der Waals surface area contributed by atoms with E-state index in [0.29, 0.717) is 19.4 Å². The molecule has 4 rings (SSSR count). The van der Waals surface area contributed by atoms with Gasteiger partial charge in [0.1, 0.15) is 12.2 Å². The van der Waals surface area contributed by atoms with Gasteiger partial charge in [-0.1, -0.05) is 42.5 Å². The number of Topliss-reactive ketones (excluding diaryl/α,β-unsaturated/α-hetero) is 1. The van der Waals surface area contributed by atoms with Crippen molar-refractivity contribution >= 4 is 11.8 Å². The van der Waals surface area contributed by atoms with Crippen molar-refractivity contribution in [3.8, 4) is 5.75 Å². The molecule has 0 aliphatic carbocycles. The Hall–Kier alpha value is -3.41. The summed E-state index contributed by atoms with van der Waals surface area (Å²) in [6.07, 6.45) is 1.73. The molecule has 0 radical (unpaired) electrons. The maximum atomic E-state index is 12.1. The van der Waals surface area contributed by atoms with Crippen molar-refractivity contribution < 1.29 is 19.4 Å². The van der Waals surface area contributed by atoms with Gasteiger partial charge < -0.3 is 14.4 Å². The van der Waals surface area contributed by atoms with Crippen LogP contribution in [0.4, 0.5) is 0 Å². The Balaban J connectivity index is 1.65. The van der Waals surface area contributed by atoms with E-state index in [-0.39, 0.29) is 18.0 Å². The molecule has 6 heteroatoms. The second-order valence-corrected chi connectivity index (χ2v) is 6.92. The van der Waals surface area contributed by atoms with Gasteiger partial charge in [-0.15, -0.1) is 0 Å². The van der Waals surface area contributed by atoms with Crippen molar-refractivity contribution in [1.82, 2.24) is 9.55 Å². The van der Waals surface area contributed by atoms with Crippen LogP contribution in [-0.4, -0.2) is 32.5 Å². The zero-order valence-electron chi connectivity index (χ0n) is 15.2. The minimum Gasteiger partial charge on any atom is -0.508 e. The topological polar surface area (TPSA) is 81.4 Å². The van der Waals surface area contributed by atoms with Gasteiger partial charge in [-0.25, -0.2) is 4.98 Å². The average molecular weight is 376 g/mol. The lowest BCUT2D eigenvalue weighted by Gasteiger charge is -2.14. The van der Waals surface area contributed by atoms with Gasteiger partial charge in [-0.2, -0.15) is 0 Å². The number of ether oxygens (including phenoxy) is 1. The van der Waals surface area contributed by atoms with Gasteiger partial charge in [-0.05, 0) is 23.3 Å². The second kappa shape index (κ2) is 7.68. The molecule has 1 aromatic heterocycles. The van der Waals surface area contributed by atoms with Crippen molar-refractivity contribution in [2.45, 2.75) is 31.9 Å². The molecule has 0 bridgehead atoms. The second-order valence-electron chi connectivity index (χ2n) is 6.92.